The third-order valence-corrected chi connectivity index (χ3v) is 4.22. The Hall–Kier alpha value is -1.00. The van der Waals surface area contributed by atoms with Crippen LogP contribution in [0.1, 0.15) is 36.8 Å². The van der Waals surface area contributed by atoms with E-state index in [-0.39, 0.29) is 5.56 Å². The van der Waals surface area contributed by atoms with Gasteiger partial charge in [0.2, 0.25) is 0 Å². The van der Waals surface area contributed by atoms with E-state index in [1.807, 2.05) is 6.07 Å². The summed E-state index contributed by atoms with van der Waals surface area (Å²) in [5.41, 5.74) is 1.13. The van der Waals surface area contributed by atoms with Gasteiger partial charge in [0.15, 0.2) is 0 Å². The summed E-state index contributed by atoms with van der Waals surface area (Å²) in [6.45, 7) is 2.88. The number of benzene rings is 1. The Morgan fingerprint density at radius 1 is 1.21 bits per heavy atom. The molecule has 4 heteroatoms. The third kappa shape index (κ3) is 3.12. The van der Waals surface area contributed by atoms with Gasteiger partial charge in [-0.1, -0.05) is 18.2 Å². The third-order valence-electron chi connectivity index (χ3n) is 4.22. The number of hydrogen-bond acceptors (Lipinski definition) is 2. The molecular weight excluding hydrogens is 246 g/mol. The minimum Gasteiger partial charge on any atom is -0.310 e. The van der Waals surface area contributed by atoms with Crippen molar-refractivity contribution in [2.45, 2.75) is 44.3 Å². The Balaban J connectivity index is 1.66. The highest BCUT2D eigenvalue weighted by Gasteiger charge is 2.29. The predicted octanol–water partition coefficient (Wildman–Crippen LogP) is 2.95. The number of rotatable bonds is 3. The first-order chi connectivity index (χ1) is 9.20. The Morgan fingerprint density at radius 3 is 2.89 bits per heavy atom. The number of nitrogens with zero attached hydrogens (tertiary/aromatic N) is 1. The summed E-state index contributed by atoms with van der Waals surface area (Å²) >= 11 is 0. The number of alkyl halides is 2. The Labute approximate surface area is 112 Å². The number of hydrogen-bond donors (Lipinski definition) is 1. The molecule has 1 N–H and O–H groups in total. The van der Waals surface area contributed by atoms with Crippen molar-refractivity contribution in [1.29, 1.82) is 0 Å². The monoisotopic (exact) mass is 266 g/mol. The van der Waals surface area contributed by atoms with Crippen molar-refractivity contribution in [3.63, 3.8) is 0 Å². The van der Waals surface area contributed by atoms with Gasteiger partial charge < -0.3 is 5.32 Å². The molecule has 2 aliphatic heterocycles. The van der Waals surface area contributed by atoms with Crippen LogP contribution in [0.15, 0.2) is 24.3 Å². The molecule has 0 aliphatic carbocycles. The summed E-state index contributed by atoms with van der Waals surface area (Å²) in [7, 11) is 0. The maximum atomic E-state index is 12.7. The molecule has 1 aromatic rings. The molecular formula is C15H20F2N2. The molecule has 0 spiro atoms. The summed E-state index contributed by atoms with van der Waals surface area (Å²) in [6.07, 6.45) is 1.34. The van der Waals surface area contributed by atoms with E-state index in [1.54, 1.807) is 12.1 Å². The number of halogens is 2. The standard InChI is InChI=1S/C15H20F2N2/c16-15(17)12-3-1-2-11(8-12)9-19-7-6-13-4-5-14(10-19)18-13/h1-3,8,13-15,18H,4-7,9-10H2. The molecule has 2 saturated heterocycles. The van der Waals surface area contributed by atoms with E-state index < -0.39 is 6.43 Å². The zero-order valence-electron chi connectivity index (χ0n) is 11.0. The summed E-state index contributed by atoms with van der Waals surface area (Å²) in [6, 6.07) is 8.08. The van der Waals surface area contributed by atoms with Crippen LogP contribution in [0.5, 0.6) is 0 Å². The van der Waals surface area contributed by atoms with Crippen molar-refractivity contribution < 1.29 is 8.78 Å². The smallest absolute Gasteiger partial charge is 0.263 e. The Bertz CT molecular complexity index is 436. The quantitative estimate of drug-likeness (QED) is 0.905. The van der Waals surface area contributed by atoms with Crippen molar-refractivity contribution in [2.75, 3.05) is 13.1 Å². The summed E-state index contributed by atoms with van der Waals surface area (Å²) in [4.78, 5) is 2.39. The summed E-state index contributed by atoms with van der Waals surface area (Å²) in [5, 5.41) is 3.64. The maximum Gasteiger partial charge on any atom is 0.263 e. The number of likely N-dealkylation sites (tertiary alicyclic amines) is 1. The predicted molar refractivity (Wildman–Crippen MR) is 71.2 cm³/mol. The fraction of sp³-hybridized carbons (Fsp3) is 0.600. The first kappa shape index (κ1) is 13.0. The van der Waals surface area contributed by atoms with Crippen LogP contribution < -0.4 is 5.32 Å². The highest BCUT2D eigenvalue weighted by molar-refractivity contribution is 5.24. The molecule has 0 aromatic heterocycles. The van der Waals surface area contributed by atoms with Crippen molar-refractivity contribution >= 4 is 0 Å². The SMILES string of the molecule is FC(F)c1cccc(CN2CCC3CCC(C2)N3)c1. The molecule has 2 aliphatic rings. The molecule has 2 atom stereocenters. The van der Waals surface area contributed by atoms with Crippen LogP contribution in [-0.4, -0.2) is 30.1 Å². The molecule has 2 heterocycles. The van der Waals surface area contributed by atoms with Gasteiger partial charge in [-0.05, 0) is 30.9 Å². The fourth-order valence-corrected chi connectivity index (χ4v) is 3.24. The molecule has 1 aromatic carbocycles. The normalized spacial score (nSPS) is 27.7. The molecule has 2 nitrogen and oxygen atoms in total. The summed E-state index contributed by atoms with van der Waals surface area (Å²) in [5.74, 6) is 0. The average molecular weight is 266 g/mol. The zero-order chi connectivity index (χ0) is 13.2. The second-order valence-electron chi connectivity index (χ2n) is 5.71. The molecule has 2 fully saturated rings. The van der Waals surface area contributed by atoms with Crippen LogP contribution in [0.2, 0.25) is 0 Å². The van der Waals surface area contributed by atoms with Gasteiger partial charge in [0.05, 0.1) is 0 Å². The van der Waals surface area contributed by atoms with Crippen LogP contribution >= 0.6 is 0 Å². The maximum absolute atomic E-state index is 12.7. The second kappa shape index (κ2) is 5.55. The van der Waals surface area contributed by atoms with E-state index in [1.165, 1.54) is 25.3 Å². The molecule has 2 bridgehead atoms. The Kier molecular flexibility index (Phi) is 3.80. The largest absolute Gasteiger partial charge is 0.310 e. The first-order valence-corrected chi connectivity index (χ1v) is 7.06. The van der Waals surface area contributed by atoms with E-state index >= 15 is 0 Å². The molecule has 0 radical (unpaired) electrons. The number of fused-ring (bicyclic) bond motifs is 2. The van der Waals surface area contributed by atoms with Gasteiger partial charge >= 0.3 is 0 Å². The van der Waals surface area contributed by atoms with Gasteiger partial charge in [-0.3, -0.25) is 4.90 Å². The van der Waals surface area contributed by atoms with Crippen LogP contribution in [0.4, 0.5) is 8.78 Å². The average Bonchev–Trinajstić information content (AvgIpc) is 2.73. The lowest BCUT2D eigenvalue weighted by Gasteiger charge is -2.24. The zero-order valence-corrected chi connectivity index (χ0v) is 11.0. The lowest BCUT2D eigenvalue weighted by molar-refractivity contribution is 0.151. The van der Waals surface area contributed by atoms with Crippen LogP contribution in [0, 0.1) is 0 Å². The van der Waals surface area contributed by atoms with E-state index in [2.05, 4.69) is 10.2 Å². The number of nitrogens with one attached hydrogen (secondary N) is 1. The molecule has 104 valence electrons. The van der Waals surface area contributed by atoms with Crippen molar-refractivity contribution in [2.24, 2.45) is 0 Å². The minimum absolute atomic E-state index is 0.131. The summed E-state index contributed by atoms with van der Waals surface area (Å²) < 4.78 is 25.4. The van der Waals surface area contributed by atoms with Gasteiger partial charge in [0, 0.05) is 37.3 Å². The molecule has 3 rings (SSSR count). The van der Waals surface area contributed by atoms with Crippen LogP contribution in [0.3, 0.4) is 0 Å². The van der Waals surface area contributed by atoms with E-state index in [0.29, 0.717) is 12.1 Å². The highest BCUT2D eigenvalue weighted by atomic mass is 19.3. The van der Waals surface area contributed by atoms with Crippen LogP contribution in [0.25, 0.3) is 0 Å². The molecule has 2 unspecified atom stereocenters. The molecule has 0 saturated carbocycles. The van der Waals surface area contributed by atoms with Gasteiger partial charge in [-0.15, -0.1) is 0 Å². The molecule has 19 heavy (non-hydrogen) atoms. The Morgan fingerprint density at radius 2 is 2.05 bits per heavy atom. The van der Waals surface area contributed by atoms with E-state index in [4.69, 9.17) is 0 Å². The van der Waals surface area contributed by atoms with Gasteiger partial charge in [-0.2, -0.15) is 0 Å². The van der Waals surface area contributed by atoms with Gasteiger partial charge in [-0.25, -0.2) is 8.78 Å². The lowest BCUT2D eigenvalue weighted by atomic mass is 10.1. The highest BCUT2D eigenvalue weighted by Crippen LogP contribution is 2.23. The van der Waals surface area contributed by atoms with E-state index in [9.17, 15) is 8.78 Å². The minimum atomic E-state index is -2.37. The topological polar surface area (TPSA) is 15.3 Å². The lowest BCUT2D eigenvalue weighted by Crippen LogP contribution is -2.34. The van der Waals surface area contributed by atoms with Gasteiger partial charge in [0.1, 0.15) is 0 Å². The van der Waals surface area contributed by atoms with Crippen LogP contribution in [-0.2, 0) is 6.54 Å². The van der Waals surface area contributed by atoms with Crippen molar-refractivity contribution in [3.05, 3.63) is 35.4 Å². The van der Waals surface area contributed by atoms with E-state index in [0.717, 1.165) is 25.2 Å². The van der Waals surface area contributed by atoms with Crippen molar-refractivity contribution in [3.8, 4) is 0 Å². The second-order valence-corrected chi connectivity index (χ2v) is 5.71. The fourth-order valence-electron chi connectivity index (χ4n) is 3.24. The van der Waals surface area contributed by atoms with Gasteiger partial charge in [0.25, 0.3) is 6.43 Å². The molecule has 0 amide bonds. The first-order valence-electron chi connectivity index (χ1n) is 7.06. The van der Waals surface area contributed by atoms with Crippen molar-refractivity contribution in [1.82, 2.24) is 10.2 Å².